The number of nitrogens with two attached hydrogens (primary N) is 1. The molecule has 1 nitrogen and oxygen atoms in total. The molecule has 0 bridgehead atoms. The standard InChI is InChI=1S/C10H20.C2H6.CH5N/c1-2-3-7-10-8-5-4-6-9-10;2*1-2/h10H,2-9H2,1H3;1-2H3;2H2,1H3. The first kappa shape index (κ1) is 16.4. The fourth-order valence-electron chi connectivity index (χ4n) is 1.97. The molecule has 1 fully saturated rings. The molecule has 1 aliphatic rings. The second-order valence-corrected chi connectivity index (χ2v) is 3.65. The molecule has 1 rings (SSSR count). The molecule has 1 saturated carbocycles. The first-order chi connectivity index (χ1) is 6.93. The molecular formula is C13H31N. The predicted octanol–water partition coefficient (Wildman–Crippen LogP) is 4.36. The van der Waals surface area contributed by atoms with Crippen molar-refractivity contribution < 1.29 is 0 Å². The average molecular weight is 201 g/mol. The molecule has 0 aromatic heterocycles. The Morgan fingerprint density at radius 3 is 1.93 bits per heavy atom. The molecule has 88 valence electrons. The van der Waals surface area contributed by atoms with Crippen molar-refractivity contribution >= 4 is 0 Å². The van der Waals surface area contributed by atoms with Gasteiger partial charge in [-0.1, -0.05) is 72.1 Å². The van der Waals surface area contributed by atoms with Crippen LogP contribution in [0.3, 0.4) is 0 Å². The van der Waals surface area contributed by atoms with Crippen LogP contribution < -0.4 is 5.73 Å². The molecule has 0 spiro atoms. The fourth-order valence-corrected chi connectivity index (χ4v) is 1.97. The Hall–Kier alpha value is -0.0400. The van der Waals surface area contributed by atoms with Gasteiger partial charge in [0.1, 0.15) is 0 Å². The molecule has 0 radical (unpaired) electrons. The summed E-state index contributed by atoms with van der Waals surface area (Å²) in [7, 11) is 1.50. The van der Waals surface area contributed by atoms with Crippen LogP contribution in [0.5, 0.6) is 0 Å². The molecule has 0 aromatic carbocycles. The van der Waals surface area contributed by atoms with Gasteiger partial charge in [0.2, 0.25) is 0 Å². The average Bonchev–Trinajstić information content (AvgIpc) is 2.33. The molecule has 0 heterocycles. The van der Waals surface area contributed by atoms with E-state index >= 15 is 0 Å². The molecule has 1 heteroatoms. The van der Waals surface area contributed by atoms with E-state index in [-0.39, 0.29) is 0 Å². The second kappa shape index (κ2) is 15.4. The zero-order chi connectivity index (χ0) is 11.2. The van der Waals surface area contributed by atoms with E-state index in [1.54, 1.807) is 0 Å². The summed E-state index contributed by atoms with van der Waals surface area (Å²) in [4.78, 5) is 0. The van der Waals surface area contributed by atoms with E-state index in [1.807, 2.05) is 13.8 Å². The Bertz CT molecular complexity index is 75.3. The van der Waals surface area contributed by atoms with Crippen LogP contribution in [0.1, 0.15) is 72.1 Å². The SMILES string of the molecule is CC.CCCCC1CCCCC1.CN. The van der Waals surface area contributed by atoms with Gasteiger partial charge in [0.05, 0.1) is 0 Å². The van der Waals surface area contributed by atoms with Gasteiger partial charge in [0, 0.05) is 0 Å². The molecule has 0 amide bonds. The summed E-state index contributed by atoms with van der Waals surface area (Å²) >= 11 is 0. The van der Waals surface area contributed by atoms with Crippen molar-refractivity contribution in [2.24, 2.45) is 11.7 Å². The summed E-state index contributed by atoms with van der Waals surface area (Å²) in [5.41, 5.74) is 4.50. The van der Waals surface area contributed by atoms with Crippen LogP contribution in [0.2, 0.25) is 0 Å². The Kier molecular flexibility index (Phi) is 18.1. The van der Waals surface area contributed by atoms with E-state index in [0.717, 1.165) is 5.92 Å². The maximum absolute atomic E-state index is 4.50. The molecule has 0 atom stereocenters. The highest BCUT2D eigenvalue weighted by Gasteiger charge is 2.11. The van der Waals surface area contributed by atoms with Crippen molar-refractivity contribution in [3.8, 4) is 0 Å². The topological polar surface area (TPSA) is 26.0 Å². The van der Waals surface area contributed by atoms with Crippen molar-refractivity contribution in [3.63, 3.8) is 0 Å². The van der Waals surface area contributed by atoms with Crippen LogP contribution in [0, 0.1) is 5.92 Å². The van der Waals surface area contributed by atoms with E-state index in [1.165, 1.54) is 58.4 Å². The van der Waals surface area contributed by atoms with Crippen LogP contribution in [0.4, 0.5) is 0 Å². The third-order valence-electron chi connectivity index (χ3n) is 2.69. The summed E-state index contributed by atoms with van der Waals surface area (Å²) in [5.74, 6) is 1.11. The lowest BCUT2D eigenvalue weighted by molar-refractivity contribution is 0.331. The zero-order valence-corrected chi connectivity index (χ0v) is 10.8. The monoisotopic (exact) mass is 201 g/mol. The molecular weight excluding hydrogens is 170 g/mol. The van der Waals surface area contributed by atoms with Crippen LogP contribution in [0.15, 0.2) is 0 Å². The Morgan fingerprint density at radius 1 is 1.00 bits per heavy atom. The summed E-state index contributed by atoms with van der Waals surface area (Å²) in [5, 5.41) is 0. The van der Waals surface area contributed by atoms with Crippen LogP contribution in [-0.4, -0.2) is 7.05 Å². The molecule has 0 aliphatic heterocycles. The molecule has 0 unspecified atom stereocenters. The first-order valence-electron chi connectivity index (χ1n) is 6.51. The summed E-state index contributed by atoms with van der Waals surface area (Å²) < 4.78 is 0. The van der Waals surface area contributed by atoms with Gasteiger partial charge < -0.3 is 5.73 Å². The highest BCUT2D eigenvalue weighted by Crippen LogP contribution is 2.27. The second-order valence-electron chi connectivity index (χ2n) is 3.65. The third-order valence-corrected chi connectivity index (χ3v) is 2.69. The lowest BCUT2D eigenvalue weighted by atomic mass is 9.86. The Balaban J connectivity index is 0. The minimum atomic E-state index is 1.11. The van der Waals surface area contributed by atoms with Crippen molar-refractivity contribution in [2.75, 3.05) is 7.05 Å². The Labute approximate surface area is 91.5 Å². The highest BCUT2D eigenvalue weighted by molar-refractivity contribution is 4.65. The van der Waals surface area contributed by atoms with Gasteiger partial charge in [-0.15, -0.1) is 0 Å². The minimum absolute atomic E-state index is 1.11. The van der Waals surface area contributed by atoms with E-state index in [4.69, 9.17) is 0 Å². The van der Waals surface area contributed by atoms with Gasteiger partial charge in [0.15, 0.2) is 0 Å². The van der Waals surface area contributed by atoms with E-state index in [9.17, 15) is 0 Å². The zero-order valence-electron chi connectivity index (χ0n) is 10.8. The van der Waals surface area contributed by atoms with Crippen LogP contribution in [-0.2, 0) is 0 Å². The van der Waals surface area contributed by atoms with Gasteiger partial charge in [0.25, 0.3) is 0 Å². The highest BCUT2D eigenvalue weighted by atomic mass is 14.4. The molecule has 0 aromatic rings. The predicted molar refractivity (Wildman–Crippen MR) is 67.6 cm³/mol. The maximum Gasteiger partial charge on any atom is -0.0195 e. The van der Waals surface area contributed by atoms with Gasteiger partial charge in [-0.25, -0.2) is 0 Å². The first-order valence-corrected chi connectivity index (χ1v) is 6.51. The maximum atomic E-state index is 4.50. The van der Waals surface area contributed by atoms with Crippen LogP contribution in [0.25, 0.3) is 0 Å². The van der Waals surface area contributed by atoms with Gasteiger partial charge in [-0.3, -0.25) is 0 Å². The van der Waals surface area contributed by atoms with Crippen molar-refractivity contribution in [2.45, 2.75) is 72.1 Å². The van der Waals surface area contributed by atoms with Crippen molar-refractivity contribution in [1.82, 2.24) is 0 Å². The Morgan fingerprint density at radius 2 is 1.50 bits per heavy atom. The van der Waals surface area contributed by atoms with E-state index in [0.29, 0.717) is 0 Å². The number of rotatable bonds is 3. The van der Waals surface area contributed by atoms with E-state index in [2.05, 4.69) is 12.7 Å². The largest absolute Gasteiger partial charge is 0.333 e. The number of hydrogen-bond acceptors (Lipinski definition) is 1. The normalized spacial score (nSPS) is 16.1. The number of hydrogen-bond donors (Lipinski definition) is 1. The minimum Gasteiger partial charge on any atom is -0.333 e. The van der Waals surface area contributed by atoms with Gasteiger partial charge in [-0.05, 0) is 13.0 Å². The summed E-state index contributed by atoms with van der Waals surface area (Å²) in [6.45, 7) is 6.29. The molecule has 0 saturated heterocycles. The lowest BCUT2D eigenvalue weighted by Crippen LogP contribution is -2.05. The lowest BCUT2D eigenvalue weighted by Gasteiger charge is -2.20. The van der Waals surface area contributed by atoms with Gasteiger partial charge >= 0.3 is 0 Å². The van der Waals surface area contributed by atoms with Crippen molar-refractivity contribution in [3.05, 3.63) is 0 Å². The summed E-state index contributed by atoms with van der Waals surface area (Å²) in [6, 6.07) is 0. The summed E-state index contributed by atoms with van der Waals surface area (Å²) in [6.07, 6.45) is 11.9. The fraction of sp³-hybridized carbons (Fsp3) is 1.00. The quantitative estimate of drug-likeness (QED) is 0.721. The third kappa shape index (κ3) is 10.0. The van der Waals surface area contributed by atoms with Gasteiger partial charge in [-0.2, -0.15) is 0 Å². The smallest absolute Gasteiger partial charge is 0.0195 e. The van der Waals surface area contributed by atoms with Crippen LogP contribution >= 0.6 is 0 Å². The molecule has 1 aliphatic carbocycles. The van der Waals surface area contributed by atoms with E-state index < -0.39 is 0 Å². The molecule has 2 N–H and O–H groups in total. The van der Waals surface area contributed by atoms with Crippen molar-refractivity contribution in [1.29, 1.82) is 0 Å². The molecule has 14 heavy (non-hydrogen) atoms. The number of unbranched alkanes of at least 4 members (excludes halogenated alkanes) is 1.